The van der Waals surface area contributed by atoms with Crippen molar-refractivity contribution in [2.45, 2.75) is 31.1 Å². The molecule has 0 aliphatic heterocycles. The number of nitrogens with one attached hydrogen (secondary N) is 1. The van der Waals surface area contributed by atoms with Crippen LogP contribution in [0.5, 0.6) is 0 Å². The number of hydrogen-bond donors (Lipinski definition) is 1. The molecule has 0 fully saturated rings. The smallest absolute Gasteiger partial charge is 0.231 e. The molecule has 0 spiro atoms. The van der Waals surface area contributed by atoms with Crippen molar-refractivity contribution in [2.24, 2.45) is 0 Å². The highest BCUT2D eigenvalue weighted by Gasteiger charge is 2.19. The first-order valence-electron chi connectivity index (χ1n) is 7.49. The predicted octanol–water partition coefficient (Wildman–Crippen LogP) is 3.53. The van der Waals surface area contributed by atoms with E-state index in [4.69, 9.17) is 0 Å². The van der Waals surface area contributed by atoms with Crippen LogP contribution in [0.2, 0.25) is 0 Å². The fourth-order valence-electron chi connectivity index (χ4n) is 2.44. The molecule has 0 aliphatic rings. The first kappa shape index (κ1) is 17.2. The first-order chi connectivity index (χ1) is 10.8. The summed E-state index contributed by atoms with van der Waals surface area (Å²) >= 11 is 0. The Morgan fingerprint density at radius 1 is 1.13 bits per heavy atom. The topological polar surface area (TPSA) is 63.2 Å². The lowest BCUT2D eigenvalue weighted by molar-refractivity contribution is -0.117. The van der Waals surface area contributed by atoms with E-state index in [0.717, 1.165) is 17.4 Å². The second-order valence-electron chi connectivity index (χ2n) is 5.61. The van der Waals surface area contributed by atoms with E-state index >= 15 is 0 Å². The Morgan fingerprint density at radius 2 is 1.78 bits per heavy atom. The lowest BCUT2D eigenvalue weighted by Crippen LogP contribution is -2.21. The van der Waals surface area contributed by atoms with Crippen molar-refractivity contribution in [2.75, 3.05) is 11.6 Å². The van der Waals surface area contributed by atoms with Crippen LogP contribution in [0.1, 0.15) is 30.4 Å². The van der Waals surface area contributed by atoms with Gasteiger partial charge in [0.2, 0.25) is 5.91 Å². The minimum absolute atomic E-state index is 0.132. The van der Waals surface area contributed by atoms with Crippen LogP contribution in [0.15, 0.2) is 53.4 Å². The Morgan fingerprint density at radius 3 is 2.35 bits per heavy atom. The minimum atomic E-state index is -3.31. The van der Waals surface area contributed by atoms with Gasteiger partial charge < -0.3 is 5.32 Å². The Bertz CT molecular complexity index is 798. The number of aryl methyl sites for hydroxylation is 1. The second kappa shape index (κ2) is 6.96. The maximum absolute atomic E-state index is 12.6. The number of carbonyl (C=O) groups is 1. The molecule has 0 saturated heterocycles. The zero-order valence-corrected chi connectivity index (χ0v) is 14.4. The zero-order chi connectivity index (χ0) is 17.0. The van der Waals surface area contributed by atoms with Gasteiger partial charge in [-0.25, -0.2) is 8.42 Å². The largest absolute Gasteiger partial charge is 0.325 e. The standard InChI is InChI=1S/C18H21NO3S/c1-4-16(14-8-6-5-7-9-14)18(20)19-17-12-15(23(3,21)22)11-10-13(17)2/h5-12,16H,4H2,1-3H3,(H,19,20)/t16-/m1/s1. The van der Waals surface area contributed by atoms with Crippen LogP contribution in [-0.2, 0) is 14.6 Å². The molecule has 4 nitrogen and oxygen atoms in total. The van der Waals surface area contributed by atoms with E-state index in [-0.39, 0.29) is 16.7 Å². The molecular weight excluding hydrogens is 310 g/mol. The van der Waals surface area contributed by atoms with Crippen LogP contribution < -0.4 is 5.32 Å². The zero-order valence-electron chi connectivity index (χ0n) is 13.5. The number of sulfone groups is 1. The predicted molar refractivity (Wildman–Crippen MR) is 92.4 cm³/mol. The highest BCUT2D eigenvalue weighted by molar-refractivity contribution is 7.90. The Hall–Kier alpha value is -2.14. The van der Waals surface area contributed by atoms with Crippen molar-refractivity contribution < 1.29 is 13.2 Å². The first-order valence-corrected chi connectivity index (χ1v) is 9.38. The highest BCUT2D eigenvalue weighted by Crippen LogP contribution is 2.24. The summed E-state index contributed by atoms with van der Waals surface area (Å²) in [7, 11) is -3.31. The van der Waals surface area contributed by atoms with Crippen LogP contribution in [0.3, 0.4) is 0 Å². The van der Waals surface area contributed by atoms with Crippen molar-refractivity contribution in [1.82, 2.24) is 0 Å². The molecule has 0 saturated carbocycles. The van der Waals surface area contributed by atoms with Crippen molar-refractivity contribution in [3.8, 4) is 0 Å². The molecule has 5 heteroatoms. The van der Waals surface area contributed by atoms with E-state index in [0.29, 0.717) is 12.1 Å². The molecule has 2 rings (SSSR count). The lowest BCUT2D eigenvalue weighted by Gasteiger charge is -2.17. The van der Waals surface area contributed by atoms with E-state index in [1.807, 2.05) is 44.2 Å². The van der Waals surface area contributed by atoms with Crippen molar-refractivity contribution >= 4 is 21.4 Å². The number of carbonyl (C=O) groups excluding carboxylic acids is 1. The van der Waals surface area contributed by atoms with E-state index in [9.17, 15) is 13.2 Å². The van der Waals surface area contributed by atoms with Gasteiger partial charge in [0, 0.05) is 11.9 Å². The van der Waals surface area contributed by atoms with Crippen molar-refractivity contribution in [3.05, 3.63) is 59.7 Å². The van der Waals surface area contributed by atoms with Gasteiger partial charge >= 0.3 is 0 Å². The summed E-state index contributed by atoms with van der Waals surface area (Å²) in [6.07, 6.45) is 1.82. The molecule has 0 radical (unpaired) electrons. The van der Waals surface area contributed by atoms with Crippen LogP contribution in [-0.4, -0.2) is 20.6 Å². The molecule has 2 aromatic carbocycles. The van der Waals surface area contributed by atoms with Gasteiger partial charge in [-0.3, -0.25) is 4.79 Å². The molecule has 0 heterocycles. The van der Waals surface area contributed by atoms with Crippen LogP contribution in [0.4, 0.5) is 5.69 Å². The van der Waals surface area contributed by atoms with Gasteiger partial charge in [-0.05, 0) is 36.6 Å². The normalized spacial score (nSPS) is 12.7. The molecule has 1 N–H and O–H groups in total. The fraction of sp³-hybridized carbons (Fsp3) is 0.278. The number of hydrogen-bond acceptors (Lipinski definition) is 3. The van der Waals surface area contributed by atoms with Crippen LogP contribution in [0.25, 0.3) is 0 Å². The second-order valence-corrected chi connectivity index (χ2v) is 7.63. The van der Waals surface area contributed by atoms with Gasteiger partial charge in [-0.2, -0.15) is 0 Å². The lowest BCUT2D eigenvalue weighted by atomic mass is 9.95. The molecule has 1 atom stereocenters. The number of amides is 1. The van der Waals surface area contributed by atoms with Crippen LogP contribution in [0, 0.1) is 6.92 Å². The van der Waals surface area contributed by atoms with Gasteiger partial charge in [-0.1, -0.05) is 43.3 Å². The summed E-state index contributed by atoms with van der Waals surface area (Å²) in [6, 6.07) is 14.3. The molecule has 122 valence electrons. The fourth-order valence-corrected chi connectivity index (χ4v) is 3.09. The van der Waals surface area contributed by atoms with E-state index in [2.05, 4.69) is 5.32 Å². The summed E-state index contributed by atoms with van der Waals surface area (Å²) < 4.78 is 23.4. The summed E-state index contributed by atoms with van der Waals surface area (Å²) in [5, 5.41) is 2.87. The molecule has 1 amide bonds. The van der Waals surface area contributed by atoms with Gasteiger partial charge in [0.15, 0.2) is 9.84 Å². The number of rotatable bonds is 5. The van der Waals surface area contributed by atoms with E-state index < -0.39 is 9.84 Å². The maximum atomic E-state index is 12.6. The Kier molecular flexibility index (Phi) is 5.21. The molecule has 2 aromatic rings. The van der Waals surface area contributed by atoms with E-state index in [1.54, 1.807) is 12.1 Å². The maximum Gasteiger partial charge on any atom is 0.231 e. The molecule has 0 aliphatic carbocycles. The minimum Gasteiger partial charge on any atom is -0.325 e. The molecule has 0 unspecified atom stereocenters. The van der Waals surface area contributed by atoms with Gasteiger partial charge in [0.1, 0.15) is 0 Å². The van der Waals surface area contributed by atoms with E-state index in [1.165, 1.54) is 6.07 Å². The summed E-state index contributed by atoms with van der Waals surface area (Å²) in [5.74, 6) is -0.398. The van der Waals surface area contributed by atoms with Crippen molar-refractivity contribution in [1.29, 1.82) is 0 Å². The number of anilines is 1. The Balaban J connectivity index is 2.29. The van der Waals surface area contributed by atoms with Crippen molar-refractivity contribution in [3.63, 3.8) is 0 Å². The molecule has 0 aromatic heterocycles. The van der Waals surface area contributed by atoms with Gasteiger partial charge in [0.25, 0.3) is 0 Å². The van der Waals surface area contributed by atoms with Crippen LogP contribution >= 0.6 is 0 Å². The Labute approximate surface area is 137 Å². The quantitative estimate of drug-likeness (QED) is 0.911. The third-order valence-corrected chi connectivity index (χ3v) is 4.93. The summed E-state index contributed by atoms with van der Waals surface area (Å²) in [4.78, 5) is 12.8. The number of benzene rings is 2. The molecular formula is C18H21NO3S. The SMILES string of the molecule is CC[C@@H](C(=O)Nc1cc(S(C)(=O)=O)ccc1C)c1ccccc1. The highest BCUT2D eigenvalue weighted by atomic mass is 32.2. The summed E-state index contributed by atoms with van der Waals surface area (Å²) in [6.45, 7) is 3.79. The molecule has 23 heavy (non-hydrogen) atoms. The van der Waals surface area contributed by atoms with Gasteiger partial charge in [-0.15, -0.1) is 0 Å². The van der Waals surface area contributed by atoms with Gasteiger partial charge in [0.05, 0.1) is 10.8 Å². The third kappa shape index (κ3) is 4.20. The average Bonchev–Trinajstić information content (AvgIpc) is 2.50. The monoisotopic (exact) mass is 331 g/mol. The average molecular weight is 331 g/mol. The summed E-state index contributed by atoms with van der Waals surface area (Å²) in [5.41, 5.74) is 2.31. The molecule has 0 bridgehead atoms. The third-order valence-electron chi connectivity index (χ3n) is 3.82.